The number of carbonyl (C=O) groups is 1. The van der Waals surface area contributed by atoms with E-state index in [0.717, 1.165) is 22.2 Å². The van der Waals surface area contributed by atoms with Crippen LogP contribution in [0.5, 0.6) is 0 Å². The molecule has 1 aromatic carbocycles. The summed E-state index contributed by atoms with van der Waals surface area (Å²) in [6.45, 7) is 5.21. The minimum Gasteiger partial charge on any atom is -0.372 e. The summed E-state index contributed by atoms with van der Waals surface area (Å²) in [6.07, 6.45) is 3.55. The van der Waals surface area contributed by atoms with Gasteiger partial charge in [0, 0.05) is 36.4 Å². The molecule has 0 aliphatic carbocycles. The minimum absolute atomic E-state index is 0.0286. The third kappa shape index (κ3) is 3.18. The van der Waals surface area contributed by atoms with Gasteiger partial charge in [-0.15, -0.1) is 0 Å². The standard InChI is InChI=1S/C21H21N3O2/c1-14-12-24(13-15(2)26-14)21(25)18-11-20(16-7-9-22-10-8-16)23-19-6-4-3-5-17(18)19/h3-11,14-15H,12-13H2,1-2H3/t14-,15+. The summed E-state index contributed by atoms with van der Waals surface area (Å²) in [6, 6.07) is 13.5. The van der Waals surface area contributed by atoms with Gasteiger partial charge in [0.15, 0.2) is 0 Å². The molecule has 5 nitrogen and oxygen atoms in total. The quantitative estimate of drug-likeness (QED) is 0.711. The number of para-hydroxylation sites is 1. The van der Waals surface area contributed by atoms with E-state index in [9.17, 15) is 4.79 Å². The van der Waals surface area contributed by atoms with Crippen LogP contribution in [0.15, 0.2) is 54.9 Å². The normalized spacial score (nSPS) is 20.3. The van der Waals surface area contributed by atoms with E-state index in [1.54, 1.807) is 12.4 Å². The van der Waals surface area contributed by atoms with Gasteiger partial charge in [-0.1, -0.05) is 18.2 Å². The second-order valence-corrected chi connectivity index (χ2v) is 6.78. The number of hydrogen-bond donors (Lipinski definition) is 0. The van der Waals surface area contributed by atoms with Gasteiger partial charge in [0.1, 0.15) is 0 Å². The van der Waals surface area contributed by atoms with E-state index in [-0.39, 0.29) is 18.1 Å². The minimum atomic E-state index is 0.0286. The fraction of sp³-hybridized carbons (Fsp3) is 0.286. The van der Waals surface area contributed by atoms with Crippen molar-refractivity contribution in [3.63, 3.8) is 0 Å². The Hall–Kier alpha value is -2.79. The number of pyridine rings is 2. The summed E-state index contributed by atoms with van der Waals surface area (Å²) in [7, 11) is 0. The molecule has 0 saturated carbocycles. The largest absolute Gasteiger partial charge is 0.372 e. The van der Waals surface area contributed by atoms with Crippen molar-refractivity contribution < 1.29 is 9.53 Å². The Bertz CT molecular complexity index is 932. The van der Waals surface area contributed by atoms with E-state index < -0.39 is 0 Å². The first-order valence-electron chi connectivity index (χ1n) is 8.87. The molecule has 0 radical (unpaired) electrons. The molecule has 1 amide bonds. The van der Waals surface area contributed by atoms with Gasteiger partial charge >= 0.3 is 0 Å². The lowest BCUT2D eigenvalue weighted by Gasteiger charge is -2.35. The molecule has 132 valence electrons. The molecule has 1 aliphatic rings. The maximum Gasteiger partial charge on any atom is 0.254 e. The van der Waals surface area contributed by atoms with Crippen LogP contribution in [0.3, 0.4) is 0 Å². The number of carbonyl (C=O) groups excluding carboxylic acids is 1. The molecule has 1 fully saturated rings. The third-order valence-electron chi connectivity index (χ3n) is 4.63. The van der Waals surface area contributed by atoms with Crippen molar-refractivity contribution in [1.29, 1.82) is 0 Å². The molecule has 3 aromatic rings. The van der Waals surface area contributed by atoms with Crippen LogP contribution >= 0.6 is 0 Å². The van der Waals surface area contributed by atoms with Crippen molar-refractivity contribution in [1.82, 2.24) is 14.9 Å². The summed E-state index contributed by atoms with van der Waals surface area (Å²) in [4.78, 5) is 24.0. The first-order valence-corrected chi connectivity index (χ1v) is 8.87. The van der Waals surface area contributed by atoms with Crippen LogP contribution in [0, 0.1) is 0 Å². The van der Waals surface area contributed by atoms with Crippen LogP contribution in [-0.2, 0) is 4.74 Å². The number of nitrogens with zero attached hydrogens (tertiary/aromatic N) is 3. The number of rotatable bonds is 2. The molecule has 5 heteroatoms. The Morgan fingerprint density at radius 2 is 1.77 bits per heavy atom. The Kier molecular flexibility index (Phi) is 4.39. The van der Waals surface area contributed by atoms with Crippen molar-refractivity contribution in [2.24, 2.45) is 0 Å². The summed E-state index contributed by atoms with van der Waals surface area (Å²) < 4.78 is 5.77. The summed E-state index contributed by atoms with van der Waals surface area (Å²) in [5, 5.41) is 0.877. The van der Waals surface area contributed by atoms with E-state index in [4.69, 9.17) is 9.72 Å². The van der Waals surface area contributed by atoms with Crippen molar-refractivity contribution in [3.05, 3.63) is 60.4 Å². The predicted octanol–water partition coefficient (Wildman–Crippen LogP) is 3.55. The van der Waals surface area contributed by atoms with E-state index in [2.05, 4.69) is 4.98 Å². The van der Waals surface area contributed by atoms with Gasteiger partial charge in [-0.05, 0) is 38.1 Å². The average Bonchev–Trinajstić information content (AvgIpc) is 2.66. The summed E-state index contributed by atoms with van der Waals surface area (Å²) >= 11 is 0. The zero-order chi connectivity index (χ0) is 18.1. The van der Waals surface area contributed by atoms with E-state index >= 15 is 0 Å². The lowest BCUT2D eigenvalue weighted by atomic mass is 10.0. The SMILES string of the molecule is C[C@@H]1CN(C(=O)c2cc(-c3ccncc3)nc3ccccc23)C[C@H](C)O1. The average molecular weight is 347 g/mol. The highest BCUT2D eigenvalue weighted by molar-refractivity contribution is 6.07. The number of amides is 1. The van der Waals surface area contributed by atoms with Crippen molar-refractivity contribution in [3.8, 4) is 11.3 Å². The molecule has 4 rings (SSSR count). The highest BCUT2D eigenvalue weighted by atomic mass is 16.5. The molecular weight excluding hydrogens is 326 g/mol. The molecule has 1 aliphatic heterocycles. The van der Waals surface area contributed by atoms with Gasteiger partial charge < -0.3 is 9.64 Å². The van der Waals surface area contributed by atoms with Gasteiger partial charge in [-0.3, -0.25) is 9.78 Å². The lowest BCUT2D eigenvalue weighted by Crippen LogP contribution is -2.48. The monoisotopic (exact) mass is 347 g/mol. The maximum atomic E-state index is 13.3. The highest BCUT2D eigenvalue weighted by Crippen LogP contribution is 2.26. The van der Waals surface area contributed by atoms with Crippen molar-refractivity contribution >= 4 is 16.8 Å². The van der Waals surface area contributed by atoms with E-state index in [1.807, 2.05) is 61.2 Å². The Labute approximate surface area is 152 Å². The van der Waals surface area contributed by atoms with Crippen LogP contribution in [0.2, 0.25) is 0 Å². The van der Waals surface area contributed by atoms with Crippen molar-refractivity contribution in [2.75, 3.05) is 13.1 Å². The van der Waals surface area contributed by atoms with Crippen LogP contribution in [0.1, 0.15) is 24.2 Å². The van der Waals surface area contributed by atoms with Crippen molar-refractivity contribution in [2.45, 2.75) is 26.1 Å². The zero-order valence-corrected chi connectivity index (χ0v) is 14.9. The summed E-state index contributed by atoms with van der Waals surface area (Å²) in [5.41, 5.74) is 3.23. The predicted molar refractivity (Wildman–Crippen MR) is 101 cm³/mol. The molecule has 0 unspecified atom stereocenters. The number of hydrogen-bond acceptors (Lipinski definition) is 4. The fourth-order valence-electron chi connectivity index (χ4n) is 3.54. The maximum absolute atomic E-state index is 13.3. The number of aromatic nitrogens is 2. The second-order valence-electron chi connectivity index (χ2n) is 6.78. The lowest BCUT2D eigenvalue weighted by molar-refractivity contribution is -0.0585. The highest BCUT2D eigenvalue weighted by Gasteiger charge is 2.28. The zero-order valence-electron chi connectivity index (χ0n) is 14.9. The first-order chi connectivity index (χ1) is 12.6. The van der Waals surface area contributed by atoms with Crippen LogP contribution in [-0.4, -0.2) is 46.1 Å². The van der Waals surface area contributed by atoms with Crippen LogP contribution < -0.4 is 0 Å². The third-order valence-corrected chi connectivity index (χ3v) is 4.63. The van der Waals surface area contributed by atoms with Crippen LogP contribution in [0.25, 0.3) is 22.2 Å². The van der Waals surface area contributed by atoms with Gasteiger partial charge in [0.2, 0.25) is 0 Å². The number of morpholine rings is 1. The van der Waals surface area contributed by atoms with Gasteiger partial charge in [-0.2, -0.15) is 0 Å². The smallest absolute Gasteiger partial charge is 0.254 e. The molecule has 26 heavy (non-hydrogen) atoms. The molecule has 0 N–H and O–H groups in total. The van der Waals surface area contributed by atoms with E-state index in [1.165, 1.54) is 0 Å². The summed E-state index contributed by atoms with van der Waals surface area (Å²) in [5.74, 6) is 0.0286. The van der Waals surface area contributed by atoms with Gasteiger partial charge in [0.25, 0.3) is 5.91 Å². The molecular formula is C21H21N3O2. The van der Waals surface area contributed by atoms with Gasteiger partial charge in [-0.25, -0.2) is 4.98 Å². The molecule has 1 saturated heterocycles. The van der Waals surface area contributed by atoms with E-state index in [0.29, 0.717) is 18.7 Å². The Balaban J connectivity index is 1.81. The molecule has 3 heterocycles. The molecule has 2 aromatic heterocycles. The number of benzene rings is 1. The second kappa shape index (κ2) is 6.84. The number of fused-ring (bicyclic) bond motifs is 1. The Morgan fingerprint density at radius 3 is 2.50 bits per heavy atom. The molecule has 0 spiro atoms. The Morgan fingerprint density at radius 1 is 1.08 bits per heavy atom. The topological polar surface area (TPSA) is 55.3 Å². The van der Waals surface area contributed by atoms with Crippen LogP contribution in [0.4, 0.5) is 0 Å². The number of ether oxygens (including phenoxy) is 1. The molecule has 2 atom stereocenters. The first kappa shape index (κ1) is 16.7. The van der Waals surface area contributed by atoms with Gasteiger partial charge in [0.05, 0.1) is 29.0 Å². The molecule has 0 bridgehead atoms. The fourth-order valence-corrected chi connectivity index (χ4v) is 3.54.